The van der Waals surface area contributed by atoms with Crippen molar-refractivity contribution in [3.63, 3.8) is 0 Å². The molecule has 3 rings (SSSR count). The van der Waals surface area contributed by atoms with Crippen LogP contribution in [0.4, 0.5) is 4.39 Å². The number of fused-ring (bicyclic) bond motifs is 1. The van der Waals surface area contributed by atoms with Gasteiger partial charge in [0.15, 0.2) is 5.78 Å². The van der Waals surface area contributed by atoms with Crippen LogP contribution in [0.25, 0.3) is 22.7 Å². The first-order chi connectivity index (χ1) is 14.6. The molecule has 8 heteroatoms. The summed E-state index contributed by atoms with van der Waals surface area (Å²) < 4.78 is 27.9. The Labute approximate surface area is 179 Å². The summed E-state index contributed by atoms with van der Waals surface area (Å²) in [5.74, 6) is -1.39. The molecule has 2 aromatic carbocycles. The molecule has 6 nitrogen and oxygen atoms in total. The Bertz CT molecular complexity index is 1210. The Kier molecular flexibility index (Phi) is 6.58. The highest BCUT2D eigenvalue weighted by molar-refractivity contribution is 7.62. The van der Waals surface area contributed by atoms with E-state index < -0.39 is 31.7 Å². The van der Waals surface area contributed by atoms with Crippen molar-refractivity contribution < 1.29 is 28.5 Å². The zero-order chi connectivity index (χ0) is 22.8. The van der Waals surface area contributed by atoms with Crippen LogP contribution in [0.1, 0.15) is 37.4 Å². The molecule has 0 fully saturated rings. The summed E-state index contributed by atoms with van der Waals surface area (Å²) in [6.07, 6.45) is -0.0530. The van der Waals surface area contributed by atoms with Gasteiger partial charge in [-0.3, -0.25) is 14.2 Å². The van der Waals surface area contributed by atoms with Crippen molar-refractivity contribution in [2.24, 2.45) is 0 Å². The molecule has 0 radical (unpaired) electrons. The smallest absolute Gasteiger partial charge is 0.310 e. The number of carbonyl (C=O) groups excluding carboxylic acids is 1. The Morgan fingerprint density at radius 1 is 1.13 bits per heavy atom. The fourth-order valence-corrected chi connectivity index (χ4v) is 4.74. The maximum atomic E-state index is 13.5. The zero-order valence-electron chi connectivity index (χ0n) is 17.2. The zero-order valence-corrected chi connectivity index (χ0v) is 18.1. The lowest BCUT2D eigenvalue weighted by Gasteiger charge is -2.12. The third-order valence-electron chi connectivity index (χ3n) is 4.83. The van der Waals surface area contributed by atoms with Crippen LogP contribution in [-0.4, -0.2) is 32.5 Å². The van der Waals surface area contributed by atoms with E-state index in [1.165, 1.54) is 18.2 Å². The molecule has 0 amide bonds. The number of hydrogen-bond donors (Lipinski definition) is 2. The standard InChI is InChI=1S/C23H23FNO5P/c1-15(2)23-19-5-3-4-6-20(19)25(17-9-7-16(24)8-10-17)21(23)11-12-31(29,30)14-18(26)13-22(27)28/h3-12,15H,13-14H2,1-2H3,(H,27,28)(H,29,30). The molecule has 1 atom stereocenters. The van der Waals surface area contributed by atoms with Crippen molar-refractivity contribution in [2.75, 3.05) is 6.16 Å². The summed E-state index contributed by atoms with van der Waals surface area (Å²) in [6, 6.07) is 13.6. The van der Waals surface area contributed by atoms with Gasteiger partial charge in [0.1, 0.15) is 12.2 Å². The molecule has 0 aliphatic carbocycles. The fourth-order valence-electron chi connectivity index (χ4n) is 3.64. The number of carboxylic acid groups (broad SMARTS) is 1. The van der Waals surface area contributed by atoms with Crippen molar-refractivity contribution in [1.82, 2.24) is 4.57 Å². The molecule has 1 aromatic heterocycles. The minimum atomic E-state index is -4.05. The van der Waals surface area contributed by atoms with E-state index in [1.54, 1.807) is 12.1 Å². The average molecular weight is 443 g/mol. The molecular weight excluding hydrogens is 420 g/mol. The highest BCUT2D eigenvalue weighted by Gasteiger charge is 2.23. The van der Waals surface area contributed by atoms with E-state index in [2.05, 4.69) is 0 Å². The quantitative estimate of drug-likeness (QED) is 0.370. The number of Topliss-reactive ketones (excluding diaryl/α,β-unsaturated/α-hetero) is 1. The molecule has 0 bridgehead atoms. The summed E-state index contributed by atoms with van der Waals surface area (Å²) in [4.78, 5) is 32.7. The normalized spacial score (nSPS) is 13.7. The molecule has 0 saturated carbocycles. The second-order valence-corrected chi connectivity index (χ2v) is 9.75. The minimum absolute atomic E-state index is 0.0676. The lowest BCUT2D eigenvalue weighted by Crippen LogP contribution is -2.10. The van der Waals surface area contributed by atoms with Gasteiger partial charge >= 0.3 is 5.97 Å². The van der Waals surface area contributed by atoms with Crippen LogP contribution < -0.4 is 0 Å². The molecule has 1 heterocycles. The predicted octanol–water partition coefficient (Wildman–Crippen LogP) is 5.18. The highest BCUT2D eigenvalue weighted by atomic mass is 31.2. The van der Waals surface area contributed by atoms with E-state index in [0.29, 0.717) is 11.4 Å². The van der Waals surface area contributed by atoms with E-state index >= 15 is 0 Å². The second kappa shape index (κ2) is 9.00. The van der Waals surface area contributed by atoms with Gasteiger partial charge in [-0.25, -0.2) is 4.39 Å². The molecule has 3 aromatic rings. The molecule has 162 valence electrons. The number of carboxylic acids is 1. The topological polar surface area (TPSA) is 96.6 Å². The van der Waals surface area contributed by atoms with Crippen LogP contribution in [0.15, 0.2) is 54.3 Å². The number of aromatic nitrogens is 1. The van der Waals surface area contributed by atoms with Gasteiger partial charge in [0.2, 0.25) is 7.37 Å². The number of benzene rings is 2. The first kappa shape index (κ1) is 22.7. The Hall–Kier alpha value is -3.02. The largest absolute Gasteiger partial charge is 0.481 e. The lowest BCUT2D eigenvalue weighted by atomic mass is 9.99. The van der Waals surface area contributed by atoms with Crippen LogP contribution in [0.2, 0.25) is 0 Å². The number of hydrogen-bond acceptors (Lipinski definition) is 3. The van der Waals surface area contributed by atoms with Gasteiger partial charge in [-0.05, 0) is 47.9 Å². The number of aliphatic carboxylic acids is 1. The van der Waals surface area contributed by atoms with E-state index in [4.69, 9.17) is 5.11 Å². The number of halogens is 1. The Morgan fingerprint density at radius 2 is 1.77 bits per heavy atom. The number of rotatable bonds is 8. The fraction of sp³-hybridized carbons (Fsp3) is 0.217. The molecule has 1 unspecified atom stereocenters. The number of nitrogens with zero attached hydrogens (tertiary/aromatic N) is 1. The molecule has 0 aliphatic rings. The van der Waals surface area contributed by atoms with Crippen molar-refractivity contribution in [3.8, 4) is 5.69 Å². The minimum Gasteiger partial charge on any atom is -0.481 e. The second-order valence-electron chi connectivity index (χ2n) is 7.62. The van der Waals surface area contributed by atoms with E-state index in [-0.39, 0.29) is 11.7 Å². The molecule has 0 spiro atoms. The molecule has 2 N–H and O–H groups in total. The summed E-state index contributed by atoms with van der Waals surface area (Å²) in [7, 11) is -4.05. The van der Waals surface area contributed by atoms with Crippen LogP contribution in [0.3, 0.4) is 0 Å². The first-order valence-corrected chi connectivity index (χ1v) is 11.6. The Morgan fingerprint density at radius 3 is 2.39 bits per heavy atom. The monoisotopic (exact) mass is 443 g/mol. The van der Waals surface area contributed by atoms with Crippen molar-refractivity contribution in [1.29, 1.82) is 0 Å². The number of para-hydroxylation sites is 1. The maximum Gasteiger partial charge on any atom is 0.310 e. The van der Waals surface area contributed by atoms with Gasteiger partial charge in [0.05, 0.1) is 17.4 Å². The van der Waals surface area contributed by atoms with Gasteiger partial charge < -0.3 is 14.6 Å². The van der Waals surface area contributed by atoms with E-state index in [9.17, 15) is 23.4 Å². The van der Waals surface area contributed by atoms with Crippen LogP contribution >= 0.6 is 7.37 Å². The SMILES string of the molecule is CC(C)c1c(C=CP(=O)(O)CC(=O)CC(=O)O)n(-c2ccc(F)cc2)c2ccccc12. The highest BCUT2D eigenvalue weighted by Crippen LogP contribution is 2.44. The summed E-state index contributed by atoms with van der Waals surface area (Å²) in [6.45, 7) is 4.01. The third-order valence-corrected chi connectivity index (χ3v) is 6.25. The van der Waals surface area contributed by atoms with Gasteiger partial charge in [-0.1, -0.05) is 32.0 Å². The predicted molar refractivity (Wildman–Crippen MR) is 118 cm³/mol. The van der Waals surface area contributed by atoms with Gasteiger partial charge in [0, 0.05) is 16.9 Å². The lowest BCUT2D eigenvalue weighted by molar-refractivity contribution is -0.139. The number of carbonyl (C=O) groups is 2. The van der Waals surface area contributed by atoms with Gasteiger partial charge in [0.25, 0.3) is 0 Å². The van der Waals surface area contributed by atoms with Crippen molar-refractivity contribution >= 4 is 36.1 Å². The number of ketones is 1. The van der Waals surface area contributed by atoms with Crippen LogP contribution in [0.5, 0.6) is 0 Å². The Balaban J connectivity index is 2.15. The van der Waals surface area contributed by atoms with E-state index in [1.807, 2.05) is 42.7 Å². The molecular formula is C23H23FNO5P. The molecule has 31 heavy (non-hydrogen) atoms. The molecule has 0 saturated heterocycles. The van der Waals surface area contributed by atoms with Crippen molar-refractivity contribution in [2.45, 2.75) is 26.2 Å². The average Bonchev–Trinajstić information content (AvgIpc) is 3.00. The molecule has 0 aliphatic heterocycles. The van der Waals surface area contributed by atoms with Crippen molar-refractivity contribution in [3.05, 3.63) is 71.4 Å². The van der Waals surface area contributed by atoms with Crippen LogP contribution in [-0.2, 0) is 14.2 Å². The summed E-state index contributed by atoms with van der Waals surface area (Å²) in [5, 5.41) is 9.66. The van der Waals surface area contributed by atoms with Gasteiger partial charge in [-0.2, -0.15) is 0 Å². The maximum absolute atomic E-state index is 13.5. The van der Waals surface area contributed by atoms with E-state index in [0.717, 1.165) is 22.3 Å². The first-order valence-electron chi connectivity index (χ1n) is 9.72. The third kappa shape index (κ3) is 5.19. The summed E-state index contributed by atoms with van der Waals surface area (Å²) >= 11 is 0. The summed E-state index contributed by atoms with van der Waals surface area (Å²) in [5.41, 5.74) is 3.11. The van der Waals surface area contributed by atoms with Crippen LogP contribution in [0, 0.1) is 5.82 Å². The van der Waals surface area contributed by atoms with Gasteiger partial charge in [-0.15, -0.1) is 0 Å².